The van der Waals surface area contributed by atoms with Crippen molar-refractivity contribution in [2.24, 2.45) is 0 Å². The summed E-state index contributed by atoms with van der Waals surface area (Å²) < 4.78 is 5.17. The molecule has 1 heterocycles. The van der Waals surface area contributed by atoms with Crippen molar-refractivity contribution in [3.05, 3.63) is 17.3 Å². The van der Waals surface area contributed by atoms with E-state index < -0.39 is 0 Å². The Morgan fingerprint density at radius 1 is 1.69 bits per heavy atom. The molecule has 0 radical (unpaired) electrons. The summed E-state index contributed by atoms with van der Waals surface area (Å²) in [5.41, 5.74) is 7.17. The number of aryl methyl sites for hydroxylation is 1. The number of nitriles is 1. The maximum absolute atomic E-state index is 8.73. The van der Waals surface area contributed by atoms with Crippen LogP contribution in [-0.2, 0) is 0 Å². The molecule has 0 aromatic carbocycles. The molecule has 68 valence electrons. The molecule has 0 bridgehead atoms. The first-order valence-electron chi connectivity index (χ1n) is 3.99. The Morgan fingerprint density at radius 2 is 2.38 bits per heavy atom. The molecule has 0 aliphatic rings. The van der Waals surface area contributed by atoms with Crippen LogP contribution in [0.2, 0.25) is 0 Å². The summed E-state index contributed by atoms with van der Waals surface area (Å²) in [6, 6.07) is 3.56. The van der Waals surface area contributed by atoms with E-state index in [2.05, 4.69) is 4.98 Å². The fourth-order valence-corrected chi connectivity index (χ4v) is 0.926. The quantitative estimate of drug-likeness (QED) is 0.737. The van der Waals surface area contributed by atoms with Gasteiger partial charge in [-0.1, -0.05) is 0 Å². The Balaban J connectivity index is 3.18. The topological polar surface area (TPSA) is 71.9 Å². The van der Waals surface area contributed by atoms with Crippen LogP contribution in [0.15, 0.2) is 6.07 Å². The van der Waals surface area contributed by atoms with E-state index in [4.69, 9.17) is 15.7 Å². The Kier molecular flexibility index (Phi) is 2.70. The molecule has 4 heteroatoms. The van der Waals surface area contributed by atoms with Crippen LogP contribution in [0.1, 0.15) is 18.2 Å². The van der Waals surface area contributed by atoms with Crippen molar-refractivity contribution in [3.63, 3.8) is 0 Å². The van der Waals surface area contributed by atoms with E-state index >= 15 is 0 Å². The molecular weight excluding hydrogens is 166 g/mol. The molecule has 0 unspecified atom stereocenters. The fourth-order valence-electron chi connectivity index (χ4n) is 0.926. The standard InChI is InChI=1S/C9H11N3O/c1-3-13-9-7(5-10)4-8(11)6(2)12-9/h4H,3,11H2,1-2H3. The van der Waals surface area contributed by atoms with Gasteiger partial charge in [0.1, 0.15) is 11.6 Å². The minimum atomic E-state index is 0.358. The summed E-state index contributed by atoms with van der Waals surface area (Å²) >= 11 is 0. The van der Waals surface area contributed by atoms with Crippen LogP contribution in [0, 0.1) is 18.3 Å². The van der Waals surface area contributed by atoms with Crippen LogP contribution in [0.25, 0.3) is 0 Å². The van der Waals surface area contributed by atoms with E-state index in [1.807, 2.05) is 13.0 Å². The predicted octanol–water partition coefficient (Wildman–Crippen LogP) is 1.24. The lowest BCUT2D eigenvalue weighted by atomic mass is 10.2. The van der Waals surface area contributed by atoms with Gasteiger partial charge >= 0.3 is 0 Å². The number of pyridine rings is 1. The van der Waals surface area contributed by atoms with Gasteiger partial charge in [-0.15, -0.1) is 0 Å². The SMILES string of the molecule is CCOc1nc(C)c(N)cc1C#N. The molecule has 0 amide bonds. The molecule has 0 fully saturated rings. The van der Waals surface area contributed by atoms with Gasteiger partial charge in [-0.2, -0.15) is 5.26 Å². The first kappa shape index (κ1) is 9.33. The zero-order chi connectivity index (χ0) is 9.84. The Morgan fingerprint density at radius 3 is 2.92 bits per heavy atom. The number of nitrogen functional groups attached to an aromatic ring is 1. The predicted molar refractivity (Wildman–Crippen MR) is 49.3 cm³/mol. The number of nitrogens with two attached hydrogens (primary N) is 1. The number of anilines is 1. The normalized spacial score (nSPS) is 9.31. The molecule has 0 spiro atoms. The smallest absolute Gasteiger partial charge is 0.232 e. The summed E-state index contributed by atoms with van der Waals surface area (Å²) in [5, 5.41) is 8.73. The van der Waals surface area contributed by atoms with Crippen LogP contribution < -0.4 is 10.5 Å². The summed E-state index contributed by atoms with van der Waals surface area (Å²) in [5.74, 6) is 0.358. The van der Waals surface area contributed by atoms with Crippen molar-refractivity contribution in [2.45, 2.75) is 13.8 Å². The van der Waals surface area contributed by atoms with Gasteiger partial charge in [-0.05, 0) is 19.9 Å². The van der Waals surface area contributed by atoms with Crippen LogP contribution in [0.3, 0.4) is 0 Å². The number of ether oxygens (including phenoxy) is 1. The van der Waals surface area contributed by atoms with Crippen molar-refractivity contribution in [1.82, 2.24) is 4.98 Å². The molecule has 0 saturated heterocycles. The highest BCUT2D eigenvalue weighted by Gasteiger charge is 2.07. The Labute approximate surface area is 77.0 Å². The largest absolute Gasteiger partial charge is 0.477 e. The Bertz CT molecular complexity index is 355. The minimum Gasteiger partial charge on any atom is -0.477 e. The lowest BCUT2D eigenvalue weighted by molar-refractivity contribution is 0.325. The van der Waals surface area contributed by atoms with Gasteiger partial charge < -0.3 is 10.5 Å². The van der Waals surface area contributed by atoms with Crippen LogP contribution >= 0.6 is 0 Å². The third kappa shape index (κ3) is 1.88. The molecule has 0 saturated carbocycles. The highest BCUT2D eigenvalue weighted by Crippen LogP contribution is 2.19. The molecular formula is C9H11N3O. The lowest BCUT2D eigenvalue weighted by Crippen LogP contribution is -2.01. The number of hydrogen-bond acceptors (Lipinski definition) is 4. The zero-order valence-corrected chi connectivity index (χ0v) is 7.66. The molecule has 2 N–H and O–H groups in total. The average Bonchev–Trinajstić information content (AvgIpc) is 2.11. The van der Waals surface area contributed by atoms with Crippen LogP contribution in [0.4, 0.5) is 5.69 Å². The highest BCUT2D eigenvalue weighted by molar-refractivity contribution is 5.52. The summed E-state index contributed by atoms with van der Waals surface area (Å²) in [7, 11) is 0. The molecule has 1 aromatic heterocycles. The van der Waals surface area contributed by atoms with Gasteiger partial charge in [0.2, 0.25) is 5.88 Å². The van der Waals surface area contributed by atoms with Gasteiger partial charge in [-0.25, -0.2) is 4.98 Å². The van der Waals surface area contributed by atoms with Crippen LogP contribution in [-0.4, -0.2) is 11.6 Å². The fraction of sp³-hybridized carbons (Fsp3) is 0.333. The second-order valence-corrected chi connectivity index (χ2v) is 2.56. The monoisotopic (exact) mass is 177 g/mol. The van der Waals surface area contributed by atoms with E-state index in [0.717, 1.165) is 0 Å². The molecule has 0 aliphatic heterocycles. The van der Waals surface area contributed by atoms with Gasteiger partial charge in [0.05, 0.1) is 18.0 Å². The van der Waals surface area contributed by atoms with Crippen molar-refractivity contribution >= 4 is 5.69 Å². The maximum atomic E-state index is 8.73. The van der Waals surface area contributed by atoms with Crippen molar-refractivity contribution in [2.75, 3.05) is 12.3 Å². The number of hydrogen-bond donors (Lipinski definition) is 1. The number of aromatic nitrogens is 1. The van der Waals surface area contributed by atoms with Crippen molar-refractivity contribution in [1.29, 1.82) is 5.26 Å². The second-order valence-electron chi connectivity index (χ2n) is 2.56. The van der Waals surface area contributed by atoms with Crippen molar-refractivity contribution < 1.29 is 4.74 Å². The maximum Gasteiger partial charge on any atom is 0.232 e. The third-order valence-electron chi connectivity index (χ3n) is 1.62. The van der Waals surface area contributed by atoms with E-state index in [0.29, 0.717) is 29.4 Å². The van der Waals surface area contributed by atoms with E-state index in [1.54, 1.807) is 13.0 Å². The summed E-state index contributed by atoms with van der Waals surface area (Å²) in [4.78, 5) is 4.06. The summed E-state index contributed by atoms with van der Waals surface area (Å²) in [6.45, 7) is 4.11. The molecule has 1 aromatic rings. The van der Waals surface area contributed by atoms with E-state index in [1.165, 1.54) is 0 Å². The number of nitrogens with zero attached hydrogens (tertiary/aromatic N) is 2. The molecule has 13 heavy (non-hydrogen) atoms. The van der Waals surface area contributed by atoms with Gasteiger partial charge in [0.25, 0.3) is 0 Å². The third-order valence-corrected chi connectivity index (χ3v) is 1.62. The molecule has 0 atom stereocenters. The molecule has 1 rings (SSSR count). The highest BCUT2D eigenvalue weighted by atomic mass is 16.5. The van der Waals surface area contributed by atoms with Gasteiger partial charge in [-0.3, -0.25) is 0 Å². The van der Waals surface area contributed by atoms with Crippen LogP contribution in [0.5, 0.6) is 5.88 Å². The first-order chi connectivity index (χ1) is 6.19. The summed E-state index contributed by atoms with van der Waals surface area (Å²) in [6.07, 6.45) is 0. The second kappa shape index (κ2) is 3.76. The molecule has 4 nitrogen and oxygen atoms in total. The molecule has 0 aliphatic carbocycles. The van der Waals surface area contributed by atoms with E-state index in [9.17, 15) is 0 Å². The lowest BCUT2D eigenvalue weighted by Gasteiger charge is -2.06. The van der Waals surface area contributed by atoms with E-state index in [-0.39, 0.29) is 0 Å². The minimum absolute atomic E-state index is 0.358. The Hall–Kier alpha value is -1.76. The van der Waals surface area contributed by atoms with Gasteiger partial charge in [0, 0.05) is 0 Å². The first-order valence-corrected chi connectivity index (χ1v) is 3.99. The van der Waals surface area contributed by atoms with Crippen molar-refractivity contribution in [3.8, 4) is 11.9 Å². The average molecular weight is 177 g/mol. The zero-order valence-electron chi connectivity index (χ0n) is 7.66. The van der Waals surface area contributed by atoms with Gasteiger partial charge in [0.15, 0.2) is 0 Å². The number of rotatable bonds is 2.